The van der Waals surface area contributed by atoms with Crippen LogP contribution < -0.4 is 14.4 Å². The topological polar surface area (TPSA) is 64.8 Å². The maximum atomic E-state index is 11.4. The maximum Gasteiger partial charge on any atom is 0.288 e. The van der Waals surface area contributed by atoms with Gasteiger partial charge in [-0.25, -0.2) is 0 Å². The monoisotopic (exact) mass is 444 g/mol. The van der Waals surface area contributed by atoms with Gasteiger partial charge in [0.15, 0.2) is 11.5 Å². The fourth-order valence-corrected chi connectivity index (χ4v) is 5.02. The molecule has 2 aromatic rings. The summed E-state index contributed by atoms with van der Waals surface area (Å²) in [6, 6.07) is 7.68. The van der Waals surface area contributed by atoms with E-state index in [2.05, 4.69) is 59.8 Å². The zero-order chi connectivity index (χ0) is 20.4. The van der Waals surface area contributed by atoms with Gasteiger partial charge in [-0.3, -0.25) is 10.1 Å². The van der Waals surface area contributed by atoms with Gasteiger partial charge >= 0.3 is 0 Å². The van der Waals surface area contributed by atoms with Gasteiger partial charge in [0.1, 0.15) is 4.47 Å². The first-order valence-electron chi connectivity index (χ1n) is 8.92. The molecule has 28 heavy (non-hydrogen) atoms. The number of anilines is 1. The molecule has 6 nitrogen and oxygen atoms in total. The largest absolute Gasteiger partial charge is 0.493 e. The molecule has 0 aliphatic carbocycles. The highest BCUT2D eigenvalue weighted by molar-refractivity contribution is 9.10. The third kappa shape index (κ3) is 2.19. The van der Waals surface area contributed by atoms with Crippen molar-refractivity contribution in [1.82, 2.24) is 0 Å². The summed E-state index contributed by atoms with van der Waals surface area (Å²) in [5.41, 5.74) is 2.91. The molecule has 2 aromatic carbocycles. The van der Waals surface area contributed by atoms with E-state index in [1.165, 1.54) is 24.3 Å². The number of aryl methyl sites for hydroxylation is 1. The molecule has 0 N–H and O–H groups in total. The van der Waals surface area contributed by atoms with Gasteiger partial charge in [-0.05, 0) is 60.0 Å². The summed E-state index contributed by atoms with van der Waals surface area (Å²) in [5, 5.41) is 11.4. The highest BCUT2D eigenvalue weighted by Gasteiger charge is 2.58. The van der Waals surface area contributed by atoms with Crippen LogP contribution in [0.2, 0.25) is 0 Å². The van der Waals surface area contributed by atoms with Crippen molar-refractivity contribution in [3.8, 4) is 11.5 Å². The van der Waals surface area contributed by atoms with Gasteiger partial charge in [0, 0.05) is 18.3 Å². The number of methoxy groups -OCH3 is 1. The van der Waals surface area contributed by atoms with E-state index in [0.717, 1.165) is 5.69 Å². The number of nitro groups is 1. The molecule has 2 heterocycles. The predicted molar refractivity (Wildman–Crippen MR) is 112 cm³/mol. The quantitative estimate of drug-likeness (QED) is 0.470. The number of rotatable bonds is 2. The van der Waals surface area contributed by atoms with Crippen LogP contribution in [0.3, 0.4) is 0 Å². The summed E-state index contributed by atoms with van der Waals surface area (Å²) in [4.78, 5) is 13.1. The Bertz CT molecular complexity index is 1050. The van der Waals surface area contributed by atoms with E-state index in [4.69, 9.17) is 9.47 Å². The number of likely N-dealkylation sites (N-methyl/N-ethyl adjacent to an activating group) is 1. The Morgan fingerprint density at radius 3 is 2.64 bits per heavy atom. The third-order valence-corrected chi connectivity index (χ3v) is 6.82. The number of nitrogens with zero attached hydrogens (tertiary/aromatic N) is 2. The molecule has 0 bridgehead atoms. The minimum Gasteiger partial charge on any atom is -0.493 e. The molecule has 4 rings (SSSR count). The molecular weight excluding hydrogens is 424 g/mol. The van der Waals surface area contributed by atoms with Crippen LogP contribution in [0.1, 0.15) is 30.5 Å². The van der Waals surface area contributed by atoms with Crippen molar-refractivity contribution >= 4 is 33.4 Å². The number of nitro benzene ring substituents is 1. The van der Waals surface area contributed by atoms with Crippen LogP contribution >= 0.6 is 15.9 Å². The van der Waals surface area contributed by atoms with Gasteiger partial charge in [-0.1, -0.05) is 18.2 Å². The number of para-hydroxylation sites is 1. The molecule has 146 valence electrons. The molecule has 1 spiro atoms. The zero-order valence-corrected chi connectivity index (χ0v) is 18.0. The zero-order valence-electron chi connectivity index (χ0n) is 16.4. The van der Waals surface area contributed by atoms with Crippen LogP contribution in [0.25, 0.3) is 6.08 Å². The van der Waals surface area contributed by atoms with E-state index in [1.54, 1.807) is 0 Å². The van der Waals surface area contributed by atoms with Crippen molar-refractivity contribution in [2.45, 2.75) is 31.9 Å². The van der Waals surface area contributed by atoms with Crippen LogP contribution in [0, 0.1) is 17.0 Å². The van der Waals surface area contributed by atoms with Gasteiger partial charge in [0.05, 0.1) is 23.5 Å². The van der Waals surface area contributed by atoms with Crippen molar-refractivity contribution in [2.24, 2.45) is 0 Å². The van der Waals surface area contributed by atoms with E-state index >= 15 is 0 Å². The summed E-state index contributed by atoms with van der Waals surface area (Å²) >= 11 is 3.37. The molecular formula is C21H21BrN2O4. The number of ether oxygens (including phenoxy) is 2. The highest BCUT2D eigenvalue weighted by Crippen LogP contribution is 2.57. The average molecular weight is 445 g/mol. The van der Waals surface area contributed by atoms with Crippen molar-refractivity contribution < 1.29 is 14.4 Å². The number of benzene rings is 2. The summed E-state index contributed by atoms with van der Waals surface area (Å²) < 4.78 is 12.5. The predicted octanol–water partition coefficient (Wildman–Crippen LogP) is 5.20. The Morgan fingerprint density at radius 1 is 1.32 bits per heavy atom. The Morgan fingerprint density at radius 2 is 2.04 bits per heavy atom. The fraction of sp³-hybridized carbons (Fsp3) is 0.333. The lowest BCUT2D eigenvalue weighted by Gasteiger charge is -2.46. The SMILES string of the molecule is COc1cc([N+](=O)[O-])c(Br)c2c1OC1(C=C2)N(C)c2c(C)cccc2C1(C)C. The molecule has 0 saturated heterocycles. The standard InChI is InChI=1S/C21H21BrN2O4/c1-12-7-6-8-14-18(12)23(4)21(20(14,2)3)10-9-13-17(22)15(24(25)26)11-16(27-5)19(13)28-21/h6-11H,1-5H3. The lowest BCUT2D eigenvalue weighted by atomic mass is 9.76. The molecule has 0 saturated carbocycles. The van der Waals surface area contributed by atoms with Gasteiger partial charge in [0.2, 0.25) is 5.72 Å². The third-order valence-electron chi connectivity index (χ3n) is 5.99. The average Bonchev–Trinajstić information content (AvgIpc) is 2.81. The normalized spacial score (nSPS) is 21.3. The van der Waals surface area contributed by atoms with Crippen molar-refractivity contribution in [2.75, 3.05) is 19.1 Å². The van der Waals surface area contributed by atoms with E-state index in [-0.39, 0.29) is 11.1 Å². The van der Waals surface area contributed by atoms with E-state index in [1.807, 2.05) is 19.2 Å². The van der Waals surface area contributed by atoms with Gasteiger partial charge < -0.3 is 14.4 Å². The maximum absolute atomic E-state index is 11.4. The second-order valence-corrected chi connectivity index (χ2v) is 8.49. The van der Waals surface area contributed by atoms with E-state index < -0.39 is 10.6 Å². The van der Waals surface area contributed by atoms with Gasteiger partial charge in [0.25, 0.3) is 5.69 Å². The minimum atomic E-state index is -0.780. The van der Waals surface area contributed by atoms with Crippen molar-refractivity contribution in [3.05, 3.63) is 61.6 Å². The molecule has 2 aliphatic rings. The van der Waals surface area contributed by atoms with Crippen LogP contribution in [-0.2, 0) is 5.41 Å². The smallest absolute Gasteiger partial charge is 0.288 e. The first-order valence-corrected chi connectivity index (χ1v) is 9.72. The first-order chi connectivity index (χ1) is 13.2. The summed E-state index contributed by atoms with van der Waals surface area (Å²) in [7, 11) is 3.51. The van der Waals surface area contributed by atoms with Gasteiger partial charge in [-0.2, -0.15) is 0 Å². The molecule has 0 radical (unpaired) electrons. The van der Waals surface area contributed by atoms with Gasteiger partial charge in [-0.15, -0.1) is 0 Å². The second-order valence-electron chi connectivity index (χ2n) is 7.70. The molecule has 1 unspecified atom stereocenters. The van der Waals surface area contributed by atoms with Crippen molar-refractivity contribution in [1.29, 1.82) is 0 Å². The lowest BCUT2D eigenvalue weighted by molar-refractivity contribution is -0.385. The summed E-state index contributed by atoms with van der Waals surface area (Å²) in [6.07, 6.45) is 3.88. The van der Waals surface area contributed by atoms with E-state index in [0.29, 0.717) is 21.5 Å². The summed E-state index contributed by atoms with van der Waals surface area (Å²) in [5.74, 6) is 0.832. The molecule has 0 fully saturated rings. The molecule has 0 amide bonds. The molecule has 7 heteroatoms. The number of hydrogen-bond donors (Lipinski definition) is 0. The van der Waals surface area contributed by atoms with Crippen LogP contribution in [0.5, 0.6) is 11.5 Å². The van der Waals surface area contributed by atoms with Crippen molar-refractivity contribution in [3.63, 3.8) is 0 Å². The van der Waals surface area contributed by atoms with Crippen LogP contribution in [0.15, 0.2) is 34.8 Å². The number of hydrogen-bond acceptors (Lipinski definition) is 5. The Hall–Kier alpha value is -2.54. The Labute approximate surface area is 172 Å². The molecule has 2 aliphatic heterocycles. The highest BCUT2D eigenvalue weighted by atomic mass is 79.9. The Balaban J connectivity index is 1.95. The number of fused-ring (bicyclic) bond motifs is 2. The lowest BCUT2D eigenvalue weighted by Crippen LogP contribution is -2.58. The van der Waals surface area contributed by atoms with E-state index in [9.17, 15) is 10.1 Å². The minimum absolute atomic E-state index is 0.0574. The second kappa shape index (κ2) is 5.98. The Kier molecular flexibility index (Phi) is 4.01. The first kappa shape index (κ1) is 18.8. The van der Waals surface area contributed by atoms with Crippen LogP contribution in [-0.4, -0.2) is 24.8 Å². The number of halogens is 1. The van der Waals surface area contributed by atoms with Crippen LogP contribution in [0.4, 0.5) is 11.4 Å². The fourth-order valence-electron chi connectivity index (χ4n) is 4.45. The summed E-state index contributed by atoms with van der Waals surface area (Å²) in [6.45, 7) is 6.39. The molecule has 1 atom stereocenters. The molecule has 0 aromatic heterocycles.